The van der Waals surface area contributed by atoms with Crippen molar-refractivity contribution in [3.8, 4) is 0 Å². The molecule has 18 heavy (non-hydrogen) atoms. The fraction of sp³-hybridized carbons (Fsp3) is 0.846. The van der Waals surface area contributed by atoms with Crippen molar-refractivity contribution >= 4 is 0 Å². The van der Waals surface area contributed by atoms with E-state index in [4.69, 9.17) is 0 Å². The molecule has 1 N–H and O–H groups in total. The molecule has 1 fully saturated rings. The van der Waals surface area contributed by atoms with Crippen LogP contribution in [0.1, 0.15) is 39.4 Å². The van der Waals surface area contributed by atoms with Gasteiger partial charge in [-0.15, -0.1) is 0 Å². The minimum atomic E-state index is 0.244. The van der Waals surface area contributed by atoms with Gasteiger partial charge in [-0.05, 0) is 19.8 Å². The number of nitrogens with zero attached hydrogens (tertiary/aromatic N) is 4. The molecule has 1 atom stereocenters. The first-order chi connectivity index (χ1) is 8.67. The lowest BCUT2D eigenvalue weighted by Crippen LogP contribution is -2.58. The van der Waals surface area contributed by atoms with Crippen LogP contribution in [-0.4, -0.2) is 44.8 Å². The summed E-state index contributed by atoms with van der Waals surface area (Å²) in [6, 6.07) is 0. The molecule has 5 nitrogen and oxygen atoms in total. The second-order valence-electron chi connectivity index (χ2n) is 5.45. The van der Waals surface area contributed by atoms with Crippen molar-refractivity contribution < 1.29 is 0 Å². The Labute approximate surface area is 110 Å². The number of rotatable bonds is 5. The zero-order chi connectivity index (χ0) is 13.0. The van der Waals surface area contributed by atoms with Gasteiger partial charge in [0, 0.05) is 31.7 Å². The van der Waals surface area contributed by atoms with E-state index in [1.165, 1.54) is 0 Å². The average molecular weight is 251 g/mol. The van der Waals surface area contributed by atoms with Gasteiger partial charge in [0.25, 0.3) is 0 Å². The molecule has 0 radical (unpaired) electrons. The average Bonchev–Trinajstić information content (AvgIpc) is 2.77. The van der Waals surface area contributed by atoms with Crippen molar-refractivity contribution in [1.82, 2.24) is 25.0 Å². The van der Waals surface area contributed by atoms with Crippen LogP contribution in [0.15, 0.2) is 6.33 Å². The van der Waals surface area contributed by atoms with Gasteiger partial charge in [0.2, 0.25) is 0 Å². The molecular weight excluding hydrogens is 226 g/mol. The van der Waals surface area contributed by atoms with Gasteiger partial charge in [0.1, 0.15) is 12.2 Å². The van der Waals surface area contributed by atoms with Crippen LogP contribution in [-0.2, 0) is 13.1 Å². The number of hydrogen-bond acceptors (Lipinski definition) is 4. The largest absolute Gasteiger partial charge is 0.309 e. The van der Waals surface area contributed by atoms with Crippen LogP contribution < -0.4 is 5.32 Å². The fourth-order valence-corrected chi connectivity index (χ4v) is 2.53. The highest BCUT2D eigenvalue weighted by Crippen LogP contribution is 2.16. The minimum Gasteiger partial charge on any atom is -0.309 e. The molecule has 0 aromatic carbocycles. The molecule has 1 aromatic heterocycles. The molecule has 1 aliphatic heterocycles. The van der Waals surface area contributed by atoms with E-state index in [1.807, 2.05) is 4.68 Å². The van der Waals surface area contributed by atoms with Crippen LogP contribution in [0.3, 0.4) is 0 Å². The van der Waals surface area contributed by atoms with Crippen molar-refractivity contribution in [3.05, 3.63) is 12.2 Å². The third kappa shape index (κ3) is 3.09. The highest BCUT2D eigenvalue weighted by atomic mass is 15.4. The summed E-state index contributed by atoms with van der Waals surface area (Å²) in [5.74, 6) is 1.09. The highest BCUT2D eigenvalue weighted by Gasteiger charge is 2.29. The maximum Gasteiger partial charge on any atom is 0.141 e. The molecule has 1 unspecified atom stereocenters. The summed E-state index contributed by atoms with van der Waals surface area (Å²) in [5, 5.41) is 7.90. The molecule has 0 saturated carbocycles. The molecule has 1 aliphatic rings. The topological polar surface area (TPSA) is 46.0 Å². The SMILES string of the molecule is CCCn1ncnc1CN1CCNC(C)(CC)C1. The molecule has 0 bridgehead atoms. The third-order valence-corrected chi connectivity index (χ3v) is 3.83. The molecule has 0 spiro atoms. The molecular formula is C13H25N5. The van der Waals surface area contributed by atoms with Crippen LogP contribution >= 0.6 is 0 Å². The minimum absolute atomic E-state index is 0.244. The third-order valence-electron chi connectivity index (χ3n) is 3.83. The van der Waals surface area contributed by atoms with E-state index in [9.17, 15) is 0 Å². The van der Waals surface area contributed by atoms with Crippen LogP contribution in [0.4, 0.5) is 0 Å². The summed E-state index contributed by atoms with van der Waals surface area (Å²) in [4.78, 5) is 6.87. The highest BCUT2D eigenvalue weighted by molar-refractivity contribution is 4.93. The Morgan fingerprint density at radius 1 is 1.44 bits per heavy atom. The lowest BCUT2D eigenvalue weighted by Gasteiger charge is -2.40. The van der Waals surface area contributed by atoms with Crippen molar-refractivity contribution in [3.63, 3.8) is 0 Å². The number of piperazine rings is 1. The Hall–Kier alpha value is -0.940. The maximum absolute atomic E-state index is 4.39. The van der Waals surface area contributed by atoms with Crippen LogP contribution in [0, 0.1) is 0 Å². The van der Waals surface area contributed by atoms with Crippen LogP contribution in [0.5, 0.6) is 0 Å². The van der Waals surface area contributed by atoms with Crippen molar-refractivity contribution in [2.24, 2.45) is 0 Å². The standard InChI is InChI=1S/C13H25N5/c1-4-7-18-12(14-11-16-18)9-17-8-6-15-13(3,5-2)10-17/h11,15H,4-10H2,1-3H3. The van der Waals surface area contributed by atoms with E-state index in [0.29, 0.717) is 0 Å². The first-order valence-electron chi connectivity index (χ1n) is 7.01. The van der Waals surface area contributed by atoms with Crippen LogP contribution in [0.25, 0.3) is 0 Å². The molecule has 5 heteroatoms. The van der Waals surface area contributed by atoms with Crippen molar-refractivity contribution in [1.29, 1.82) is 0 Å². The molecule has 0 aliphatic carbocycles. The first kappa shape index (κ1) is 13.5. The van der Waals surface area contributed by atoms with E-state index >= 15 is 0 Å². The molecule has 2 heterocycles. The number of aryl methyl sites for hydroxylation is 1. The number of hydrogen-bond donors (Lipinski definition) is 1. The predicted molar refractivity (Wildman–Crippen MR) is 72.3 cm³/mol. The van der Waals surface area contributed by atoms with E-state index in [2.05, 4.69) is 41.1 Å². The molecule has 2 rings (SSSR count). The Morgan fingerprint density at radius 2 is 2.28 bits per heavy atom. The molecule has 0 amide bonds. The monoisotopic (exact) mass is 251 g/mol. The van der Waals surface area contributed by atoms with Crippen molar-refractivity contribution in [2.75, 3.05) is 19.6 Å². The number of nitrogens with one attached hydrogen (secondary N) is 1. The Morgan fingerprint density at radius 3 is 3.00 bits per heavy atom. The maximum atomic E-state index is 4.39. The van der Waals surface area contributed by atoms with Gasteiger partial charge in [0.15, 0.2) is 0 Å². The second kappa shape index (κ2) is 5.80. The van der Waals surface area contributed by atoms with Gasteiger partial charge in [-0.1, -0.05) is 13.8 Å². The van der Waals surface area contributed by atoms with E-state index in [0.717, 1.165) is 51.4 Å². The zero-order valence-electron chi connectivity index (χ0n) is 11.8. The molecule has 1 saturated heterocycles. The molecule has 102 valence electrons. The van der Waals surface area contributed by atoms with Crippen molar-refractivity contribution in [2.45, 2.75) is 52.2 Å². The fourth-order valence-electron chi connectivity index (χ4n) is 2.53. The summed E-state index contributed by atoms with van der Waals surface area (Å²) in [7, 11) is 0. The Balaban J connectivity index is 1.98. The predicted octanol–water partition coefficient (Wildman–Crippen LogP) is 1.26. The van der Waals surface area contributed by atoms with Gasteiger partial charge in [-0.2, -0.15) is 5.10 Å². The lowest BCUT2D eigenvalue weighted by molar-refractivity contribution is 0.129. The van der Waals surface area contributed by atoms with Gasteiger partial charge in [-0.25, -0.2) is 9.67 Å². The summed E-state index contributed by atoms with van der Waals surface area (Å²) in [6.07, 6.45) is 3.93. The quantitative estimate of drug-likeness (QED) is 0.856. The Bertz CT molecular complexity index is 375. The first-order valence-corrected chi connectivity index (χ1v) is 7.01. The van der Waals surface area contributed by atoms with Gasteiger partial charge < -0.3 is 5.32 Å². The summed E-state index contributed by atoms with van der Waals surface area (Å²) < 4.78 is 2.03. The summed E-state index contributed by atoms with van der Waals surface area (Å²) >= 11 is 0. The lowest BCUT2D eigenvalue weighted by atomic mass is 9.96. The normalized spacial score (nSPS) is 25.5. The summed E-state index contributed by atoms with van der Waals surface area (Å²) in [6.45, 7) is 11.8. The molecule has 1 aromatic rings. The van der Waals surface area contributed by atoms with Gasteiger partial charge in [0.05, 0.1) is 6.54 Å². The van der Waals surface area contributed by atoms with E-state index < -0.39 is 0 Å². The van der Waals surface area contributed by atoms with Gasteiger partial charge in [-0.3, -0.25) is 4.90 Å². The van der Waals surface area contributed by atoms with E-state index in [-0.39, 0.29) is 5.54 Å². The Kier molecular flexibility index (Phi) is 4.35. The van der Waals surface area contributed by atoms with Gasteiger partial charge >= 0.3 is 0 Å². The second-order valence-corrected chi connectivity index (χ2v) is 5.45. The van der Waals surface area contributed by atoms with E-state index in [1.54, 1.807) is 6.33 Å². The number of aromatic nitrogens is 3. The van der Waals surface area contributed by atoms with Crippen LogP contribution in [0.2, 0.25) is 0 Å². The smallest absolute Gasteiger partial charge is 0.141 e. The zero-order valence-corrected chi connectivity index (χ0v) is 11.8. The summed E-state index contributed by atoms with van der Waals surface area (Å²) in [5.41, 5.74) is 0.244.